The molecule has 0 saturated heterocycles. The van der Waals surface area contributed by atoms with E-state index < -0.39 is 0 Å². The van der Waals surface area contributed by atoms with Gasteiger partial charge in [-0.1, -0.05) is 59.6 Å². The van der Waals surface area contributed by atoms with Crippen molar-refractivity contribution in [2.45, 2.75) is 0 Å². The Hall–Kier alpha value is -2.43. The second-order valence-electron chi connectivity index (χ2n) is 5.09. The van der Waals surface area contributed by atoms with Gasteiger partial charge in [0.25, 0.3) is 0 Å². The van der Waals surface area contributed by atoms with E-state index in [0.717, 1.165) is 16.3 Å². The Morgan fingerprint density at radius 1 is 1.04 bits per heavy atom. The van der Waals surface area contributed by atoms with Crippen LogP contribution in [0.1, 0.15) is 15.9 Å². The maximum absolute atomic E-state index is 12.6. The highest BCUT2D eigenvalue weighted by Gasteiger charge is 2.28. The molecule has 1 aliphatic carbocycles. The van der Waals surface area contributed by atoms with Gasteiger partial charge >= 0.3 is 0 Å². The number of rotatable bonds is 2. The van der Waals surface area contributed by atoms with Gasteiger partial charge in [0.05, 0.1) is 10.0 Å². The molecule has 0 spiro atoms. The monoisotopic (exact) mass is 341 g/mol. The summed E-state index contributed by atoms with van der Waals surface area (Å²) in [7, 11) is 0. The summed E-state index contributed by atoms with van der Waals surface area (Å²) in [5.41, 5.74) is 4.57. The number of ketones is 1. The van der Waals surface area contributed by atoms with Gasteiger partial charge in [-0.25, -0.2) is 4.98 Å². The van der Waals surface area contributed by atoms with Crippen LogP contribution in [0.4, 0.5) is 5.82 Å². The van der Waals surface area contributed by atoms with Crippen LogP contribution >= 0.6 is 23.2 Å². The number of nitrogens with one attached hydrogen (secondary N) is 1. The number of hydrazone groups is 1. The van der Waals surface area contributed by atoms with Crippen molar-refractivity contribution in [1.29, 1.82) is 0 Å². The summed E-state index contributed by atoms with van der Waals surface area (Å²) in [5.74, 6) is 0.230. The molecule has 3 aromatic rings. The highest BCUT2D eigenvalue weighted by atomic mass is 35.5. The largest absolute Gasteiger partial charge is 0.287 e. The summed E-state index contributed by atoms with van der Waals surface area (Å²) in [6.07, 6.45) is 1.46. The zero-order valence-corrected chi connectivity index (χ0v) is 13.2. The van der Waals surface area contributed by atoms with Gasteiger partial charge in [-0.15, -0.1) is 0 Å². The van der Waals surface area contributed by atoms with Crippen LogP contribution in [0.25, 0.3) is 10.8 Å². The number of carbonyl (C=O) groups is 1. The molecule has 0 fully saturated rings. The zero-order valence-electron chi connectivity index (χ0n) is 11.7. The summed E-state index contributed by atoms with van der Waals surface area (Å²) in [5, 5.41) is 6.94. The van der Waals surface area contributed by atoms with Crippen LogP contribution in [0.5, 0.6) is 0 Å². The molecule has 0 bridgehead atoms. The van der Waals surface area contributed by atoms with Crippen LogP contribution in [-0.2, 0) is 0 Å². The Balaban J connectivity index is 1.79. The summed E-state index contributed by atoms with van der Waals surface area (Å²) in [6, 6.07) is 13.0. The Kier molecular flexibility index (Phi) is 3.29. The Labute approximate surface area is 141 Å². The fourth-order valence-electron chi connectivity index (χ4n) is 2.69. The van der Waals surface area contributed by atoms with E-state index in [1.807, 2.05) is 36.4 Å². The molecule has 2 aromatic carbocycles. The molecule has 4 rings (SSSR count). The van der Waals surface area contributed by atoms with E-state index >= 15 is 0 Å². The van der Waals surface area contributed by atoms with Crippen molar-refractivity contribution < 1.29 is 4.79 Å². The molecule has 0 amide bonds. The summed E-state index contributed by atoms with van der Waals surface area (Å²) in [4.78, 5) is 16.7. The molecule has 1 aromatic heterocycles. The molecule has 112 valence electrons. The third kappa shape index (κ3) is 2.27. The van der Waals surface area contributed by atoms with E-state index in [1.54, 1.807) is 6.07 Å². The number of pyridine rings is 1. The molecule has 0 saturated carbocycles. The van der Waals surface area contributed by atoms with Gasteiger partial charge in [0.1, 0.15) is 5.71 Å². The lowest BCUT2D eigenvalue weighted by atomic mass is 10.1. The second kappa shape index (κ2) is 5.33. The van der Waals surface area contributed by atoms with Gasteiger partial charge in [-0.2, -0.15) is 5.10 Å². The van der Waals surface area contributed by atoms with E-state index in [0.29, 0.717) is 27.1 Å². The lowest BCUT2D eigenvalue weighted by Crippen LogP contribution is -2.11. The molecule has 1 heterocycles. The molecule has 0 aliphatic heterocycles. The van der Waals surface area contributed by atoms with Crippen molar-refractivity contribution in [1.82, 2.24) is 4.98 Å². The first-order valence-electron chi connectivity index (χ1n) is 6.87. The minimum atomic E-state index is -0.116. The number of anilines is 1. The van der Waals surface area contributed by atoms with E-state index in [2.05, 4.69) is 15.5 Å². The smallest absolute Gasteiger partial charge is 0.214 e. The van der Waals surface area contributed by atoms with Gasteiger partial charge < -0.3 is 0 Å². The molecular formula is C17H9Cl2N3O. The molecule has 0 radical (unpaired) electrons. The minimum absolute atomic E-state index is 0.116. The van der Waals surface area contributed by atoms with Crippen LogP contribution < -0.4 is 5.43 Å². The number of aromatic nitrogens is 1. The van der Waals surface area contributed by atoms with Gasteiger partial charge in [-0.3, -0.25) is 10.2 Å². The normalized spacial score (nSPS) is 14.7. The molecule has 0 unspecified atom stereocenters. The number of benzene rings is 2. The molecular weight excluding hydrogens is 333 g/mol. The van der Waals surface area contributed by atoms with Crippen molar-refractivity contribution in [2.24, 2.45) is 5.10 Å². The maximum Gasteiger partial charge on any atom is 0.214 e. The Morgan fingerprint density at radius 2 is 1.78 bits per heavy atom. The quantitative estimate of drug-likeness (QED) is 0.695. The third-order valence-electron chi connectivity index (χ3n) is 3.70. The van der Waals surface area contributed by atoms with Crippen molar-refractivity contribution in [3.63, 3.8) is 0 Å². The number of carbonyl (C=O) groups excluding carboxylic acids is 1. The minimum Gasteiger partial charge on any atom is -0.287 e. The first kappa shape index (κ1) is 14.2. The summed E-state index contributed by atoms with van der Waals surface area (Å²) in [6.45, 7) is 0. The highest BCUT2D eigenvalue weighted by molar-refractivity contribution is 6.59. The molecule has 23 heavy (non-hydrogen) atoms. The van der Waals surface area contributed by atoms with Crippen LogP contribution in [0.3, 0.4) is 0 Å². The summed E-state index contributed by atoms with van der Waals surface area (Å²) >= 11 is 11.9. The van der Waals surface area contributed by atoms with E-state index in [1.165, 1.54) is 6.20 Å². The first-order valence-corrected chi connectivity index (χ1v) is 7.62. The topological polar surface area (TPSA) is 54.4 Å². The van der Waals surface area contributed by atoms with Gasteiger partial charge in [-0.05, 0) is 11.5 Å². The van der Waals surface area contributed by atoms with Crippen LogP contribution in [0, 0.1) is 0 Å². The fourth-order valence-corrected chi connectivity index (χ4v) is 3.12. The number of halogens is 2. The van der Waals surface area contributed by atoms with Crippen LogP contribution in [0.15, 0.2) is 53.8 Å². The second-order valence-corrected chi connectivity index (χ2v) is 5.94. The average Bonchev–Trinajstić information content (AvgIpc) is 2.82. The van der Waals surface area contributed by atoms with Crippen molar-refractivity contribution >= 4 is 51.3 Å². The number of nitrogens with zero attached hydrogens (tertiary/aromatic N) is 2. The maximum atomic E-state index is 12.6. The molecule has 6 heteroatoms. The highest BCUT2D eigenvalue weighted by Crippen LogP contribution is 2.31. The molecule has 1 aliphatic rings. The lowest BCUT2D eigenvalue weighted by Gasteiger charge is -2.04. The molecule has 0 atom stereocenters. The van der Waals surface area contributed by atoms with E-state index in [9.17, 15) is 4.79 Å². The van der Waals surface area contributed by atoms with E-state index in [-0.39, 0.29) is 5.78 Å². The predicted molar refractivity (Wildman–Crippen MR) is 92.7 cm³/mol. The van der Waals surface area contributed by atoms with Crippen LogP contribution in [-0.4, -0.2) is 16.5 Å². The Morgan fingerprint density at radius 3 is 2.52 bits per heavy atom. The average molecular weight is 342 g/mol. The fraction of sp³-hybridized carbons (Fsp3) is 0. The predicted octanol–water partition coefficient (Wildman–Crippen LogP) is 4.55. The number of hydrogen-bond acceptors (Lipinski definition) is 4. The van der Waals surface area contributed by atoms with Crippen molar-refractivity contribution in [3.8, 4) is 0 Å². The van der Waals surface area contributed by atoms with Crippen LogP contribution in [0.2, 0.25) is 10.0 Å². The summed E-state index contributed by atoms with van der Waals surface area (Å²) < 4.78 is 0. The zero-order chi connectivity index (χ0) is 16.0. The number of hydrogen-bond donors (Lipinski definition) is 1. The van der Waals surface area contributed by atoms with Gasteiger partial charge in [0.15, 0.2) is 5.82 Å². The lowest BCUT2D eigenvalue weighted by molar-refractivity contribution is 0.107. The first-order chi connectivity index (χ1) is 11.1. The van der Waals surface area contributed by atoms with Gasteiger partial charge in [0, 0.05) is 22.7 Å². The Bertz CT molecular complexity index is 993. The molecule has 1 N–H and O–H groups in total. The van der Waals surface area contributed by atoms with Gasteiger partial charge in [0.2, 0.25) is 5.78 Å². The SMILES string of the molecule is O=C1/C(=N\Nc2ncc(Cl)cc2Cl)c2cccc3cccc1c23. The van der Waals surface area contributed by atoms with E-state index in [4.69, 9.17) is 23.2 Å². The standard InChI is InChI=1S/C17H9Cl2N3O/c18-10-7-13(19)17(20-8-10)22-21-15-11-5-1-3-9-4-2-6-12(14(9)11)16(15)23/h1-8H,(H,20,22)/b21-15-. The molecule has 4 nitrogen and oxygen atoms in total. The van der Waals surface area contributed by atoms with Crippen molar-refractivity contribution in [3.05, 3.63) is 69.8 Å². The number of Topliss-reactive ketones (excluding diaryl/α,β-unsaturated/α-hetero) is 1. The third-order valence-corrected chi connectivity index (χ3v) is 4.20. The van der Waals surface area contributed by atoms with Crippen molar-refractivity contribution in [2.75, 3.05) is 5.43 Å².